The van der Waals surface area contributed by atoms with E-state index in [1.807, 2.05) is 25.1 Å². The Balaban J connectivity index is 2.50. The second kappa shape index (κ2) is 3.99. The summed E-state index contributed by atoms with van der Waals surface area (Å²) in [6, 6.07) is 5.50. The van der Waals surface area contributed by atoms with E-state index in [1.54, 1.807) is 14.0 Å². The Bertz CT molecular complexity index is 472. The average molecular weight is 232 g/mol. The predicted molar refractivity (Wildman–Crippen MR) is 64.3 cm³/mol. The van der Waals surface area contributed by atoms with E-state index in [2.05, 4.69) is 0 Å². The molecule has 0 unspecified atom stereocenters. The fraction of sp³-hybridized carbons (Fsp3) is 0.429. The molecule has 3 nitrogen and oxygen atoms in total. The average Bonchev–Trinajstić information content (AvgIpc) is 2.58. The van der Waals surface area contributed by atoms with E-state index in [0.29, 0.717) is 12.8 Å². The van der Waals surface area contributed by atoms with Crippen molar-refractivity contribution in [3.8, 4) is 5.75 Å². The van der Waals surface area contributed by atoms with Gasteiger partial charge in [-0.05, 0) is 31.0 Å². The summed E-state index contributed by atoms with van der Waals surface area (Å²) in [4.78, 5) is 23.8. The summed E-state index contributed by atoms with van der Waals surface area (Å²) >= 11 is 0. The Morgan fingerprint density at radius 3 is 2.24 bits per heavy atom. The largest absolute Gasteiger partial charge is 0.496 e. The third kappa shape index (κ3) is 1.66. The van der Waals surface area contributed by atoms with Gasteiger partial charge in [0.05, 0.1) is 7.11 Å². The quantitative estimate of drug-likeness (QED) is 0.734. The molecule has 1 aromatic rings. The number of carbonyl (C=O) groups excluding carboxylic acids is 2. The van der Waals surface area contributed by atoms with Crippen LogP contribution in [0.2, 0.25) is 0 Å². The highest BCUT2D eigenvalue weighted by Gasteiger charge is 2.46. The van der Waals surface area contributed by atoms with Gasteiger partial charge >= 0.3 is 0 Å². The van der Waals surface area contributed by atoms with Crippen LogP contribution in [0.1, 0.15) is 30.9 Å². The van der Waals surface area contributed by atoms with Crippen LogP contribution in [0.3, 0.4) is 0 Å². The van der Waals surface area contributed by atoms with Crippen LogP contribution in [0.25, 0.3) is 0 Å². The van der Waals surface area contributed by atoms with Crippen molar-refractivity contribution in [1.82, 2.24) is 0 Å². The second-order valence-corrected chi connectivity index (χ2v) is 4.66. The predicted octanol–water partition coefficient (Wildman–Crippen LogP) is 2.19. The molecule has 1 aromatic carbocycles. The molecule has 0 aliphatic heterocycles. The third-order valence-corrected chi connectivity index (χ3v) is 3.67. The number of benzene rings is 1. The van der Waals surface area contributed by atoms with Gasteiger partial charge in [-0.15, -0.1) is 0 Å². The van der Waals surface area contributed by atoms with Crippen LogP contribution in [0.4, 0.5) is 0 Å². The molecule has 0 N–H and O–H groups in total. The van der Waals surface area contributed by atoms with Gasteiger partial charge in [-0.3, -0.25) is 9.59 Å². The number of hydrogen-bond donors (Lipinski definition) is 0. The Labute approximate surface area is 101 Å². The fourth-order valence-electron chi connectivity index (χ4n) is 2.39. The van der Waals surface area contributed by atoms with Gasteiger partial charge in [-0.25, -0.2) is 0 Å². The van der Waals surface area contributed by atoms with E-state index >= 15 is 0 Å². The number of methoxy groups -OCH3 is 1. The van der Waals surface area contributed by atoms with Crippen LogP contribution >= 0.6 is 0 Å². The normalized spacial score (nSPS) is 18.5. The van der Waals surface area contributed by atoms with E-state index in [9.17, 15) is 9.59 Å². The van der Waals surface area contributed by atoms with Gasteiger partial charge in [0.15, 0.2) is 11.6 Å². The molecular weight excluding hydrogens is 216 g/mol. The van der Waals surface area contributed by atoms with Crippen LogP contribution < -0.4 is 4.74 Å². The van der Waals surface area contributed by atoms with Crippen molar-refractivity contribution in [3.05, 3.63) is 29.3 Å². The lowest BCUT2D eigenvalue weighted by Crippen LogP contribution is -2.34. The first-order chi connectivity index (χ1) is 8.00. The first-order valence-corrected chi connectivity index (χ1v) is 5.72. The lowest BCUT2D eigenvalue weighted by molar-refractivity contribution is -0.128. The van der Waals surface area contributed by atoms with Crippen molar-refractivity contribution in [2.75, 3.05) is 7.11 Å². The van der Waals surface area contributed by atoms with Gasteiger partial charge in [0.2, 0.25) is 0 Å². The van der Waals surface area contributed by atoms with E-state index in [1.165, 1.54) is 0 Å². The van der Waals surface area contributed by atoms with Crippen LogP contribution in [-0.2, 0) is 15.0 Å². The molecule has 0 amide bonds. The highest BCUT2D eigenvalue weighted by atomic mass is 16.5. The minimum absolute atomic E-state index is 0.0204. The van der Waals surface area contributed by atoms with Crippen molar-refractivity contribution in [2.45, 2.75) is 32.1 Å². The number of aryl methyl sites for hydroxylation is 1. The van der Waals surface area contributed by atoms with Crippen LogP contribution in [-0.4, -0.2) is 18.7 Å². The van der Waals surface area contributed by atoms with E-state index in [-0.39, 0.29) is 11.6 Å². The smallest absolute Gasteiger partial charge is 0.150 e. The zero-order valence-electron chi connectivity index (χ0n) is 10.4. The minimum atomic E-state index is -0.947. The molecular formula is C14H16O3. The maximum atomic E-state index is 11.9. The first kappa shape index (κ1) is 11.8. The molecule has 1 aliphatic carbocycles. The summed E-state index contributed by atoms with van der Waals surface area (Å²) in [5.74, 6) is 0.814. The maximum absolute atomic E-state index is 11.9. The molecule has 0 bridgehead atoms. The van der Waals surface area contributed by atoms with E-state index in [0.717, 1.165) is 16.9 Å². The van der Waals surface area contributed by atoms with Crippen molar-refractivity contribution >= 4 is 11.6 Å². The molecule has 3 heteroatoms. The van der Waals surface area contributed by atoms with Crippen molar-refractivity contribution < 1.29 is 14.3 Å². The third-order valence-electron chi connectivity index (χ3n) is 3.67. The standard InChI is InChI=1S/C14H16O3/c1-9-8-10(4-5-11(9)17-3)14(2)12(15)6-7-13(14)16/h4-5,8H,6-7H2,1-3H3. The lowest BCUT2D eigenvalue weighted by atomic mass is 9.79. The van der Waals surface area contributed by atoms with Crippen LogP contribution in [0.15, 0.2) is 18.2 Å². The number of rotatable bonds is 2. The summed E-state index contributed by atoms with van der Waals surface area (Å²) in [6.07, 6.45) is 0.723. The van der Waals surface area contributed by atoms with Gasteiger partial charge in [-0.2, -0.15) is 0 Å². The van der Waals surface area contributed by atoms with Crippen molar-refractivity contribution in [2.24, 2.45) is 0 Å². The van der Waals surface area contributed by atoms with Gasteiger partial charge < -0.3 is 4.74 Å². The molecule has 0 spiro atoms. The molecule has 0 radical (unpaired) electrons. The summed E-state index contributed by atoms with van der Waals surface area (Å²) < 4.78 is 5.18. The molecule has 1 aliphatic rings. The molecule has 17 heavy (non-hydrogen) atoms. The zero-order valence-corrected chi connectivity index (χ0v) is 10.4. The molecule has 2 rings (SSSR count). The zero-order chi connectivity index (χ0) is 12.6. The monoisotopic (exact) mass is 232 g/mol. The summed E-state index contributed by atoms with van der Waals surface area (Å²) in [5.41, 5.74) is 0.777. The Hall–Kier alpha value is -1.64. The van der Waals surface area contributed by atoms with E-state index in [4.69, 9.17) is 4.74 Å². The summed E-state index contributed by atoms with van der Waals surface area (Å²) in [5, 5.41) is 0. The molecule has 1 saturated carbocycles. The number of Topliss-reactive ketones (excluding diaryl/α,β-unsaturated/α-hetero) is 2. The van der Waals surface area contributed by atoms with E-state index < -0.39 is 5.41 Å². The number of carbonyl (C=O) groups is 2. The second-order valence-electron chi connectivity index (χ2n) is 4.66. The Morgan fingerprint density at radius 2 is 1.76 bits per heavy atom. The SMILES string of the molecule is COc1ccc(C2(C)C(=O)CCC2=O)cc1C. The van der Waals surface area contributed by atoms with Crippen molar-refractivity contribution in [1.29, 1.82) is 0 Å². The summed E-state index contributed by atoms with van der Waals surface area (Å²) in [7, 11) is 1.61. The number of ether oxygens (including phenoxy) is 1. The minimum Gasteiger partial charge on any atom is -0.496 e. The van der Waals surface area contributed by atoms with Crippen LogP contribution in [0.5, 0.6) is 5.75 Å². The highest BCUT2D eigenvalue weighted by molar-refractivity contribution is 6.17. The molecule has 0 atom stereocenters. The first-order valence-electron chi connectivity index (χ1n) is 5.72. The Kier molecular flexibility index (Phi) is 2.77. The lowest BCUT2D eigenvalue weighted by Gasteiger charge is -2.21. The maximum Gasteiger partial charge on any atom is 0.150 e. The van der Waals surface area contributed by atoms with Gasteiger partial charge in [0.25, 0.3) is 0 Å². The molecule has 90 valence electrons. The van der Waals surface area contributed by atoms with Gasteiger partial charge in [0.1, 0.15) is 11.2 Å². The van der Waals surface area contributed by atoms with Gasteiger partial charge in [0, 0.05) is 12.8 Å². The molecule has 0 saturated heterocycles. The number of ketones is 2. The molecule has 1 fully saturated rings. The van der Waals surface area contributed by atoms with Crippen molar-refractivity contribution in [3.63, 3.8) is 0 Å². The number of hydrogen-bond acceptors (Lipinski definition) is 3. The van der Waals surface area contributed by atoms with Gasteiger partial charge in [-0.1, -0.05) is 12.1 Å². The highest BCUT2D eigenvalue weighted by Crippen LogP contribution is 2.36. The summed E-state index contributed by atoms with van der Waals surface area (Å²) in [6.45, 7) is 3.64. The Morgan fingerprint density at radius 1 is 1.18 bits per heavy atom. The fourth-order valence-corrected chi connectivity index (χ4v) is 2.39. The topological polar surface area (TPSA) is 43.4 Å². The van der Waals surface area contributed by atoms with Crippen LogP contribution in [0, 0.1) is 6.92 Å². The molecule has 0 heterocycles. The molecule has 0 aromatic heterocycles.